The van der Waals surface area contributed by atoms with Crippen LogP contribution in [0.1, 0.15) is 45.2 Å². The highest BCUT2D eigenvalue weighted by Gasteiger charge is 2.34. The van der Waals surface area contributed by atoms with E-state index >= 15 is 0 Å². The molecule has 16 nitrogen and oxygen atoms in total. The number of ether oxygens (including phenoxy) is 16. The van der Waals surface area contributed by atoms with Crippen LogP contribution in [0.3, 0.4) is 0 Å². The van der Waals surface area contributed by atoms with E-state index in [1.165, 1.54) is 0 Å². The molecule has 0 aromatic heterocycles. The maximum Gasteiger partial charge on any atom is 0.145 e. The van der Waals surface area contributed by atoms with E-state index in [1.54, 1.807) is 0 Å². The van der Waals surface area contributed by atoms with Gasteiger partial charge in [-0.2, -0.15) is 0 Å². The Morgan fingerprint density at radius 1 is 0.250 bits per heavy atom. The first-order valence-corrected chi connectivity index (χ1v) is 33.5. The van der Waals surface area contributed by atoms with Gasteiger partial charge in [0.1, 0.15) is 141 Å². The Balaban J connectivity index is 0.823. The smallest absolute Gasteiger partial charge is 0.145 e. The first-order chi connectivity index (χ1) is 47.4. The molecule has 0 radical (unpaired) electrons. The minimum Gasteiger partial charge on any atom is -0.491 e. The molecule has 8 unspecified atom stereocenters. The van der Waals surface area contributed by atoms with Crippen LogP contribution in [0.5, 0.6) is 46.0 Å². The van der Waals surface area contributed by atoms with Crippen LogP contribution in [0.4, 0.5) is 0 Å². The molecular weight excluding hydrogens is 1220 g/mol. The maximum absolute atomic E-state index is 6.92. The summed E-state index contributed by atoms with van der Waals surface area (Å²) in [6.07, 6.45) is 0.471. The fourth-order valence-corrected chi connectivity index (χ4v) is 12.2. The molecule has 8 atom stereocenters. The molecule has 96 heavy (non-hydrogen) atoms. The Kier molecular flexibility index (Phi) is 17.3. The number of hydrogen-bond acceptors (Lipinski definition) is 16. The second kappa shape index (κ2) is 27.3. The van der Waals surface area contributed by atoms with Crippen molar-refractivity contribution >= 4 is 0 Å². The van der Waals surface area contributed by atoms with Crippen LogP contribution in [0.15, 0.2) is 194 Å². The molecule has 0 spiro atoms. The second-order valence-electron chi connectivity index (χ2n) is 25.8. The Bertz CT molecular complexity index is 4030. The van der Waals surface area contributed by atoms with Gasteiger partial charge in [0.2, 0.25) is 0 Å². The van der Waals surface area contributed by atoms with Crippen LogP contribution in [0, 0.1) is 0 Å². The zero-order valence-corrected chi connectivity index (χ0v) is 53.1. The normalized spacial score (nSPS) is 22.1. The molecule has 0 N–H and O–H groups in total. The van der Waals surface area contributed by atoms with Crippen LogP contribution in [-0.4, -0.2) is 155 Å². The topological polar surface area (TPSA) is 171 Å². The summed E-state index contributed by atoms with van der Waals surface area (Å²) in [6, 6.07) is 68.2. The summed E-state index contributed by atoms with van der Waals surface area (Å²) in [6.45, 7) is 9.06. The Morgan fingerprint density at radius 2 is 0.479 bits per heavy atom. The van der Waals surface area contributed by atoms with Crippen molar-refractivity contribution < 1.29 is 75.8 Å². The molecule has 0 amide bonds. The highest BCUT2D eigenvalue weighted by molar-refractivity contribution is 5.74. The number of rotatable bonds is 33. The van der Waals surface area contributed by atoms with Gasteiger partial charge in [-0.1, -0.05) is 97.1 Å². The van der Waals surface area contributed by atoms with Gasteiger partial charge in [0, 0.05) is 34.1 Å². The zero-order chi connectivity index (χ0) is 63.7. The van der Waals surface area contributed by atoms with Crippen molar-refractivity contribution in [3.05, 3.63) is 228 Å². The van der Waals surface area contributed by atoms with Crippen LogP contribution >= 0.6 is 0 Å². The summed E-state index contributed by atoms with van der Waals surface area (Å²) in [7, 11) is 0. The van der Waals surface area contributed by atoms with Crippen molar-refractivity contribution in [1.82, 2.24) is 0 Å². The third-order valence-electron chi connectivity index (χ3n) is 18.4. The molecule has 8 saturated heterocycles. The SMILES string of the molecule is c1cc(-c2ccc(OCC3CO3)c(C(c3ccc(C(c4cc(-c5ccc(OCC6CO6)cc5)ccc4OCC4CO4)c4cc(-c5ccc(OC6COC6)cc5)ccc4OCC4CO4)cc3)c3cc(-c4ccc(OCC5CO5)cc4)ccc3OCC3CO3)c2)ccc1OCC1CO1. The fourth-order valence-electron chi connectivity index (χ4n) is 12.2. The van der Waals surface area contributed by atoms with Gasteiger partial charge in [0.05, 0.1) is 59.5 Å². The molecule has 0 bridgehead atoms. The molecule has 16 heteroatoms. The van der Waals surface area contributed by atoms with Gasteiger partial charge in [-0.3, -0.25) is 0 Å². The number of benzene rings is 9. The third kappa shape index (κ3) is 15.2. The molecule has 8 aliphatic rings. The summed E-state index contributed by atoms with van der Waals surface area (Å²) >= 11 is 0. The molecule has 9 aromatic rings. The lowest BCUT2D eigenvalue weighted by Crippen LogP contribution is -2.38. The van der Waals surface area contributed by atoms with Crippen LogP contribution in [0.2, 0.25) is 0 Å². The van der Waals surface area contributed by atoms with Gasteiger partial charge in [-0.05, 0) is 153 Å². The lowest BCUT2D eigenvalue weighted by molar-refractivity contribution is -0.0796. The van der Waals surface area contributed by atoms with E-state index in [0.717, 1.165) is 144 Å². The van der Waals surface area contributed by atoms with Gasteiger partial charge in [0.15, 0.2) is 0 Å². The monoisotopic (exact) mass is 1290 g/mol. The maximum atomic E-state index is 6.92. The summed E-state index contributed by atoms with van der Waals surface area (Å²) in [4.78, 5) is 0. The van der Waals surface area contributed by atoms with Crippen molar-refractivity contribution in [3.63, 3.8) is 0 Å². The highest BCUT2D eigenvalue weighted by atomic mass is 16.6. The first kappa shape index (κ1) is 60.7. The molecule has 8 fully saturated rings. The van der Waals surface area contributed by atoms with Crippen LogP contribution < -0.4 is 37.9 Å². The number of epoxide rings is 7. The van der Waals surface area contributed by atoms with Gasteiger partial charge in [-0.25, -0.2) is 0 Å². The largest absolute Gasteiger partial charge is 0.491 e. The van der Waals surface area contributed by atoms with E-state index in [0.29, 0.717) is 85.9 Å². The summed E-state index contributed by atoms with van der Waals surface area (Å²) in [5.74, 6) is 5.17. The van der Waals surface area contributed by atoms with Gasteiger partial charge in [0.25, 0.3) is 0 Å². The van der Waals surface area contributed by atoms with Crippen molar-refractivity contribution in [2.75, 3.05) is 106 Å². The Hall–Kier alpha value is -8.94. The fraction of sp³-hybridized carbons (Fsp3) is 0.325. The van der Waals surface area contributed by atoms with Gasteiger partial charge in [-0.15, -0.1) is 0 Å². The molecule has 9 aromatic carbocycles. The van der Waals surface area contributed by atoms with E-state index in [9.17, 15) is 0 Å². The van der Waals surface area contributed by atoms with E-state index in [4.69, 9.17) is 75.8 Å². The van der Waals surface area contributed by atoms with E-state index in [2.05, 4.69) is 146 Å². The average Bonchev–Trinajstić information content (AvgIpc) is 1.68. The predicted molar refractivity (Wildman–Crippen MR) is 358 cm³/mol. The Labute approximate surface area is 557 Å². The molecule has 17 rings (SSSR count). The highest BCUT2D eigenvalue weighted by Crippen LogP contribution is 2.49. The van der Waals surface area contributed by atoms with Crippen LogP contribution in [0.25, 0.3) is 44.5 Å². The second-order valence-corrected chi connectivity index (χ2v) is 25.8. The average molecular weight is 1290 g/mol. The molecule has 0 aliphatic carbocycles. The molecule has 8 heterocycles. The predicted octanol–water partition coefficient (Wildman–Crippen LogP) is 12.9. The lowest BCUT2D eigenvalue weighted by Gasteiger charge is -2.28. The molecule has 0 saturated carbocycles. The number of hydrogen-bond donors (Lipinski definition) is 0. The zero-order valence-electron chi connectivity index (χ0n) is 53.1. The Morgan fingerprint density at radius 3 is 0.708 bits per heavy atom. The van der Waals surface area contributed by atoms with Crippen molar-refractivity contribution in [2.45, 2.75) is 60.7 Å². The molecular formula is C80H74O16. The van der Waals surface area contributed by atoms with Crippen LogP contribution in [-0.2, 0) is 37.9 Å². The van der Waals surface area contributed by atoms with E-state index in [-0.39, 0.29) is 48.8 Å². The van der Waals surface area contributed by atoms with Gasteiger partial charge >= 0.3 is 0 Å². The van der Waals surface area contributed by atoms with E-state index < -0.39 is 11.8 Å². The summed E-state index contributed by atoms with van der Waals surface area (Å²) < 4.78 is 97.1. The quantitative estimate of drug-likeness (QED) is 0.0281. The van der Waals surface area contributed by atoms with Crippen molar-refractivity contribution in [3.8, 4) is 90.5 Å². The molecule has 8 aliphatic heterocycles. The van der Waals surface area contributed by atoms with Crippen molar-refractivity contribution in [1.29, 1.82) is 0 Å². The summed E-state index contributed by atoms with van der Waals surface area (Å²) in [5.41, 5.74) is 13.9. The molecule has 490 valence electrons. The van der Waals surface area contributed by atoms with Gasteiger partial charge < -0.3 is 75.8 Å². The lowest BCUT2D eigenvalue weighted by atomic mass is 9.79. The standard InChI is InChI=1S/C80H74O16/c1-3-54(80(73-31-57(15-27-77(73)94-47-68-43-90-68)51-9-21-61(22-10-51)84-37-65-40-87-65)74-32-58(16-28-78(74)95-48-69-44-91-69)52-11-23-62(24-12-52)96-70-33-81-34-70)4-2-53(1)79(71-29-55(13-25-75(71)92-45-66-41-88-66)49-5-17-59(18-6-49)82-35-63-38-85-63)72-30-56(14-26-76(72)93-46-67-42-89-67)50-7-19-60(20-8-50)83-36-64-39-86-64/h1-32,63-70,79-80H,33-48H2. The first-order valence-electron chi connectivity index (χ1n) is 33.5. The third-order valence-corrected chi connectivity index (χ3v) is 18.4. The minimum atomic E-state index is -0.459. The van der Waals surface area contributed by atoms with E-state index in [1.807, 2.05) is 48.5 Å². The van der Waals surface area contributed by atoms with Crippen molar-refractivity contribution in [2.24, 2.45) is 0 Å². The summed E-state index contributed by atoms with van der Waals surface area (Å²) in [5, 5.41) is 0. The minimum absolute atomic E-state index is 0.000346.